The number of methoxy groups -OCH3 is 1. The van der Waals surface area contributed by atoms with E-state index in [4.69, 9.17) is 9.47 Å². The molecule has 0 aliphatic carbocycles. The predicted molar refractivity (Wildman–Crippen MR) is 100.0 cm³/mol. The third-order valence-corrected chi connectivity index (χ3v) is 5.09. The van der Waals surface area contributed by atoms with Crippen LogP contribution in [0.25, 0.3) is 6.08 Å². The number of carbonyl (C=O) groups excluding carboxylic acids is 2. The maximum Gasteiger partial charge on any atom is 0.331 e. The summed E-state index contributed by atoms with van der Waals surface area (Å²) in [5.41, 5.74) is 0.497. The molecule has 0 fully saturated rings. The highest BCUT2D eigenvalue weighted by Gasteiger charge is 2.17. The van der Waals surface area contributed by atoms with Crippen molar-refractivity contribution < 1.29 is 31.9 Å². The van der Waals surface area contributed by atoms with Crippen molar-refractivity contribution in [1.82, 2.24) is 4.72 Å². The average molecular weight is 407 g/mol. The molecule has 0 aromatic heterocycles. The van der Waals surface area contributed by atoms with Gasteiger partial charge in [0, 0.05) is 11.6 Å². The van der Waals surface area contributed by atoms with Crippen LogP contribution in [0.1, 0.15) is 15.9 Å². The van der Waals surface area contributed by atoms with Crippen molar-refractivity contribution in [3.63, 3.8) is 0 Å². The number of sulfonamides is 1. The minimum Gasteiger partial charge on any atom is -0.495 e. The first-order valence-corrected chi connectivity index (χ1v) is 9.50. The molecule has 2 aromatic rings. The van der Waals surface area contributed by atoms with Crippen molar-refractivity contribution in [1.29, 1.82) is 0 Å². The lowest BCUT2D eigenvalue weighted by Gasteiger charge is -2.09. The molecular weight excluding hydrogens is 389 g/mol. The molecule has 0 saturated carbocycles. The van der Waals surface area contributed by atoms with Crippen LogP contribution in [0.5, 0.6) is 5.75 Å². The summed E-state index contributed by atoms with van der Waals surface area (Å²) in [6.45, 7) is -0.547. The van der Waals surface area contributed by atoms with E-state index in [1.807, 2.05) is 0 Å². The zero-order valence-electron chi connectivity index (χ0n) is 15.1. The fourth-order valence-corrected chi connectivity index (χ4v) is 3.14. The molecule has 0 unspecified atom stereocenters. The molecular formula is C19H18FNO6S. The van der Waals surface area contributed by atoms with Crippen LogP contribution in [0.15, 0.2) is 53.4 Å². The van der Waals surface area contributed by atoms with Crippen LogP contribution in [0.2, 0.25) is 0 Å². The van der Waals surface area contributed by atoms with Gasteiger partial charge in [0.05, 0.1) is 7.11 Å². The summed E-state index contributed by atoms with van der Waals surface area (Å²) >= 11 is 0. The van der Waals surface area contributed by atoms with Gasteiger partial charge in [-0.15, -0.1) is 0 Å². The molecule has 0 heterocycles. The zero-order chi connectivity index (χ0) is 20.7. The highest BCUT2D eigenvalue weighted by atomic mass is 32.2. The van der Waals surface area contributed by atoms with E-state index in [9.17, 15) is 22.4 Å². The second kappa shape index (κ2) is 9.25. The van der Waals surface area contributed by atoms with Crippen LogP contribution in [-0.4, -0.2) is 40.9 Å². The average Bonchev–Trinajstić information content (AvgIpc) is 2.70. The third kappa shape index (κ3) is 5.48. The Kier molecular flexibility index (Phi) is 7.02. The number of halogens is 1. The number of ether oxygens (including phenoxy) is 2. The van der Waals surface area contributed by atoms with Gasteiger partial charge in [-0.25, -0.2) is 22.3 Å². The van der Waals surface area contributed by atoms with Gasteiger partial charge in [-0.2, -0.15) is 0 Å². The number of hydrogen-bond donors (Lipinski definition) is 1. The minimum absolute atomic E-state index is 0.0886. The van der Waals surface area contributed by atoms with Gasteiger partial charge in [0.1, 0.15) is 16.5 Å². The van der Waals surface area contributed by atoms with Gasteiger partial charge in [0.25, 0.3) is 0 Å². The van der Waals surface area contributed by atoms with Gasteiger partial charge in [-0.3, -0.25) is 4.79 Å². The molecule has 0 aliphatic heterocycles. The summed E-state index contributed by atoms with van der Waals surface area (Å²) in [4.78, 5) is 23.6. The van der Waals surface area contributed by atoms with Gasteiger partial charge in [0.15, 0.2) is 12.4 Å². The summed E-state index contributed by atoms with van der Waals surface area (Å²) in [7, 11) is -1.15. The van der Waals surface area contributed by atoms with Gasteiger partial charge in [-0.1, -0.05) is 18.2 Å². The normalized spacial score (nSPS) is 11.4. The van der Waals surface area contributed by atoms with Crippen LogP contribution >= 0.6 is 0 Å². The van der Waals surface area contributed by atoms with Crippen molar-refractivity contribution in [2.75, 3.05) is 20.8 Å². The van der Waals surface area contributed by atoms with Gasteiger partial charge in [0.2, 0.25) is 10.0 Å². The Morgan fingerprint density at radius 2 is 1.93 bits per heavy atom. The first-order chi connectivity index (χ1) is 13.3. The molecule has 7 nitrogen and oxygen atoms in total. The molecule has 1 N–H and O–H groups in total. The fraction of sp³-hybridized carbons (Fsp3) is 0.158. The molecule has 0 radical (unpaired) electrons. The Labute approximate surface area is 161 Å². The molecule has 0 amide bonds. The maximum absolute atomic E-state index is 13.1. The van der Waals surface area contributed by atoms with E-state index in [0.29, 0.717) is 5.56 Å². The van der Waals surface area contributed by atoms with E-state index in [-0.39, 0.29) is 16.2 Å². The van der Waals surface area contributed by atoms with Crippen molar-refractivity contribution >= 4 is 27.9 Å². The topological polar surface area (TPSA) is 98.8 Å². The SMILES string of the molecule is CNS(=O)(=O)c1cc(/C=C/C(=O)OCC(=O)c2cccc(F)c2)ccc1OC. The number of hydrogen-bond acceptors (Lipinski definition) is 6. The van der Waals surface area contributed by atoms with E-state index >= 15 is 0 Å². The lowest BCUT2D eigenvalue weighted by Crippen LogP contribution is -2.19. The fourth-order valence-electron chi connectivity index (χ4n) is 2.21. The van der Waals surface area contributed by atoms with E-state index in [1.54, 1.807) is 6.07 Å². The summed E-state index contributed by atoms with van der Waals surface area (Å²) in [6, 6.07) is 9.36. The summed E-state index contributed by atoms with van der Waals surface area (Å²) < 4.78 is 49.2. The molecule has 0 aliphatic rings. The monoisotopic (exact) mass is 407 g/mol. The second-order valence-electron chi connectivity index (χ2n) is 5.49. The van der Waals surface area contributed by atoms with Crippen molar-refractivity contribution in [2.24, 2.45) is 0 Å². The zero-order valence-corrected chi connectivity index (χ0v) is 16.0. The van der Waals surface area contributed by atoms with Gasteiger partial charge < -0.3 is 9.47 Å². The first kappa shape index (κ1) is 21.3. The number of rotatable bonds is 8. The standard InChI is InChI=1S/C19H18FNO6S/c1-21-28(24,25)18-10-13(6-8-17(18)26-2)7-9-19(23)27-12-16(22)14-4-3-5-15(20)11-14/h3-11,21H,12H2,1-2H3/b9-7+. The Hall–Kier alpha value is -3.04. The summed E-state index contributed by atoms with van der Waals surface area (Å²) in [6.07, 6.45) is 2.39. The highest BCUT2D eigenvalue weighted by Crippen LogP contribution is 2.25. The van der Waals surface area contributed by atoms with E-state index in [0.717, 1.165) is 12.1 Å². The van der Waals surface area contributed by atoms with Crippen LogP contribution in [0, 0.1) is 5.82 Å². The van der Waals surface area contributed by atoms with Crippen LogP contribution in [-0.2, 0) is 19.6 Å². The minimum atomic E-state index is -3.76. The molecule has 148 valence electrons. The van der Waals surface area contributed by atoms with Crippen LogP contribution in [0.4, 0.5) is 4.39 Å². The van der Waals surface area contributed by atoms with Crippen molar-refractivity contribution in [3.8, 4) is 5.75 Å². The van der Waals surface area contributed by atoms with Gasteiger partial charge in [-0.05, 0) is 43.0 Å². The number of Topliss-reactive ketones (excluding diaryl/α,β-unsaturated/α-hetero) is 1. The lowest BCUT2D eigenvalue weighted by molar-refractivity contribution is -0.136. The predicted octanol–water partition coefficient (Wildman–Crippen LogP) is 2.18. The quantitative estimate of drug-likeness (QED) is 0.409. The third-order valence-electron chi connectivity index (χ3n) is 3.65. The number of carbonyl (C=O) groups is 2. The maximum atomic E-state index is 13.1. The lowest BCUT2D eigenvalue weighted by atomic mass is 10.1. The number of nitrogens with one attached hydrogen (secondary N) is 1. The first-order valence-electron chi connectivity index (χ1n) is 8.02. The molecule has 0 bridgehead atoms. The molecule has 0 saturated heterocycles. The molecule has 2 aromatic carbocycles. The molecule has 0 atom stereocenters. The Balaban J connectivity index is 2.06. The number of esters is 1. The summed E-state index contributed by atoms with van der Waals surface area (Å²) in [5, 5.41) is 0. The molecule has 2 rings (SSSR count). The Morgan fingerprint density at radius 1 is 1.18 bits per heavy atom. The van der Waals surface area contributed by atoms with Crippen LogP contribution in [0.3, 0.4) is 0 Å². The largest absolute Gasteiger partial charge is 0.495 e. The molecule has 0 spiro atoms. The highest BCUT2D eigenvalue weighted by molar-refractivity contribution is 7.89. The number of benzene rings is 2. The molecule has 9 heteroatoms. The van der Waals surface area contributed by atoms with Crippen molar-refractivity contribution in [2.45, 2.75) is 4.90 Å². The van der Waals surface area contributed by atoms with E-state index in [2.05, 4.69) is 4.72 Å². The second-order valence-corrected chi connectivity index (χ2v) is 7.35. The summed E-state index contributed by atoms with van der Waals surface area (Å²) in [5.74, 6) is -1.77. The Morgan fingerprint density at radius 3 is 2.57 bits per heavy atom. The van der Waals surface area contributed by atoms with Crippen molar-refractivity contribution in [3.05, 3.63) is 65.5 Å². The Bertz CT molecular complexity index is 1020. The smallest absolute Gasteiger partial charge is 0.331 e. The van der Waals surface area contributed by atoms with E-state index in [1.165, 1.54) is 50.6 Å². The van der Waals surface area contributed by atoms with Gasteiger partial charge >= 0.3 is 5.97 Å². The van der Waals surface area contributed by atoms with E-state index < -0.39 is 34.2 Å². The van der Waals surface area contributed by atoms with Crippen LogP contribution < -0.4 is 9.46 Å². The number of ketones is 1. The molecule has 28 heavy (non-hydrogen) atoms.